The van der Waals surface area contributed by atoms with Gasteiger partial charge in [-0.2, -0.15) is 0 Å². The van der Waals surface area contributed by atoms with Crippen molar-refractivity contribution >= 4 is 17.5 Å². The van der Waals surface area contributed by atoms with Crippen LogP contribution in [0.25, 0.3) is 0 Å². The van der Waals surface area contributed by atoms with Gasteiger partial charge in [0.05, 0.1) is 11.5 Å². The van der Waals surface area contributed by atoms with Crippen LogP contribution in [0.5, 0.6) is 0 Å². The molecule has 4 rings (SSSR count). The number of hydrogen-bond donors (Lipinski definition) is 0. The van der Waals surface area contributed by atoms with Gasteiger partial charge in [-0.3, -0.25) is 14.4 Å². The summed E-state index contributed by atoms with van der Waals surface area (Å²) in [4.78, 5) is 37.2. The largest absolute Gasteiger partial charge is 0.438 e. The molecule has 0 aromatic heterocycles. The maximum Gasteiger partial charge on any atom is 0.311 e. The van der Waals surface area contributed by atoms with E-state index in [0.29, 0.717) is 6.42 Å². The van der Waals surface area contributed by atoms with Gasteiger partial charge in [0.1, 0.15) is 11.6 Å². The molecular formula is C18H22O5. The minimum Gasteiger partial charge on any atom is -0.438 e. The molecule has 7 unspecified atom stereocenters. The van der Waals surface area contributed by atoms with E-state index in [1.54, 1.807) is 0 Å². The summed E-state index contributed by atoms with van der Waals surface area (Å²) in [5.74, 6) is -0.931. The summed E-state index contributed by atoms with van der Waals surface area (Å²) in [6, 6.07) is 0. The molecule has 23 heavy (non-hydrogen) atoms. The van der Waals surface area contributed by atoms with E-state index in [-0.39, 0.29) is 65.4 Å². The first-order valence-electron chi connectivity index (χ1n) is 8.36. The average molecular weight is 318 g/mol. The highest BCUT2D eigenvalue weighted by Gasteiger charge is 2.69. The van der Waals surface area contributed by atoms with Crippen LogP contribution in [0, 0.1) is 41.4 Å². The van der Waals surface area contributed by atoms with Crippen LogP contribution in [0.4, 0.5) is 0 Å². The van der Waals surface area contributed by atoms with Gasteiger partial charge < -0.3 is 9.47 Å². The highest BCUT2D eigenvalue weighted by molar-refractivity contribution is 6.01. The summed E-state index contributed by atoms with van der Waals surface area (Å²) in [5.41, 5.74) is -0.377. The number of esters is 1. The van der Waals surface area contributed by atoms with E-state index in [4.69, 9.17) is 9.47 Å². The highest BCUT2D eigenvalue weighted by atomic mass is 16.7. The van der Waals surface area contributed by atoms with Crippen molar-refractivity contribution in [3.05, 3.63) is 12.2 Å². The number of fused-ring (bicyclic) bond motifs is 9. The number of Topliss-reactive ketones (excluding diaryl/α,β-unsaturated/α-hetero) is 2. The Morgan fingerprint density at radius 3 is 2.43 bits per heavy atom. The second kappa shape index (κ2) is 4.76. The van der Waals surface area contributed by atoms with Crippen molar-refractivity contribution < 1.29 is 23.9 Å². The smallest absolute Gasteiger partial charge is 0.311 e. The Bertz CT molecular complexity index is 613. The number of ether oxygens (including phenoxy) is 2. The van der Waals surface area contributed by atoms with Gasteiger partial charge in [-0.05, 0) is 39.0 Å². The second-order valence-corrected chi connectivity index (χ2v) is 8.21. The quantitative estimate of drug-likeness (QED) is 0.343. The van der Waals surface area contributed by atoms with Crippen LogP contribution in [0.15, 0.2) is 12.2 Å². The minimum atomic E-state index is -0.405. The summed E-state index contributed by atoms with van der Waals surface area (Å²) in [6.45, 7) is 5.57. The summed E-state index contributed by atoms with van der Waals surface area (Å²) in [7, 11) is 0. The van der Waals surface area contributed by atoms with Gasteiger partial charge in [0.2, 0.25) is 0 Å². The van der Waals surface area contributed by atoms with E-state index in [1.807, 2.05) is 32.9 Å². The van der Waals surface area contributed by atoms with Crippen LogP contribution in [0.1, 0.15) is 27.2 Å². The van der Waals surface area contributed by atoms with Crippen LogP contribution < -0.4 is 0 Å². The molecule has 124 valence electrons. The first kappa shape index (κ1) is 15.1. The lowest BCUT2D eigenvalue weighted by molar-refractivity contribution is -0.174. The van der Waals surface area contributed by atoms with Crippen molar-refractivity contribution in [2.45, 2.75) is 32.8 Å². The SMILES string of the molecule is CC(C)(C)OCOC(=O)C1CC2C(=O)C1C1C3C=CC(C3=O)C21. The lowest BCUT2D eigenvalue weighted by atomic mass is 9.69. The summed E-state index contributed by atoms with van der Waals surface area (Å²) in [5, 5.41) is 0. The Balaban J connectivity index is 1.47. The topological polar surface area (TPSA) is 69.7 Å². The van der Waals surface area contributed by atoms with Crippen LogP contribution in [0.3, 0.4) is 0 Å². The van der Waals surface area contributed by atoms with Crippen LogP contribution >= 0.6 is 0 Å². The Labute approximate surface area is 135 Å². The van der Waals surface area contributed by atoms with Crippen molar-refractivity contribution in [2.24, 2.45) is 41.4 Å². The standard InChI is InChI=1S/C18H22O5/c1-18(2,3)23-7-22-17(21)11-6-10-12-8-4-5-9(15(8)19)13(12)14(11)16(10)20/h4-5,8-14H,6-7H2,1-3H3. The van der Waals surface area contributed by atoms with Gasteiger partial charge in [-0.1, -0.05) is 12.2 Å². The normalized spacial score (nSPS) is 43.3. The second-order valence-electron chi connectivity index (χ2n) is 8.21. The maximum atomic E-state index is 12.6. The number of carbonyl (C=O) groups excluding carboxylic acids is 3. The molecule has 7 atom stereocenters. The first-order chi connectivity index (χ1) is 10.8. The molecule has 4 bridgehead atoms. The van der Waals surface area contributed by atoms with Crippen molar-refractivity contribution in [3.8, 4) is 0 Å². The third-order valence-corrected chi connectivity index (χ3v) is 5.97. The molecule has 3 saturated carbocycles. The fourth-order valence-corrected chi connectivity index (χ4v) is 5.15. The van der Waals surface area contributed by atoms with Crippen LogP contribution in [-0.2, 0) is 23.9 Å². The van der Waals surface area contributed by atoms with Gasteiger partial charge in [-0.15, -0.1) is 0 Å². The number of allylic oxidation sites excluding steroid dienone is 2. The number of carbonyl (C=O) groups is 3. The van der Waals surface area contributed by atoms with Crippen LogP contribution in [0.2, 0.25) is 0 Å². The predicted molar refractivity (Wildman–Crippen MR) is 80.0 cm³/mol. The van der Waals surface area contributed by atoms with E-state index < -0.39 is 5.92 Å². The van der Waals surface area contributed by atoms with Crippen molar-refractivity contribution in [1.82, 2.24) is 0 Å². The monoisotopic (exact) mass is 318 g/mol. The highest BCUT2D eigenvalue weighted by Crippen LogP contribution is 2.64. The molecule has 4 aliphatic rings. The fourth-order valence-electron chi connectivity index (χ4n) is 5.15. The van der Waals surface area contributed by atoms with Gasteiger partial charge >= 0.3 is 5.97 Å². The Morgan fingerprint density at radius 2 is 1.78 bits per heavy atom. The zero-order chi connectivity index (χ0) is 16.5. The van der Waals surface area contributed by atoms with E-state index >= 15 is 0 Å². The Hall–Kier alpha value is -1.49. The lowest BCUT2D eigenvalue weighted by Crippen LogP contribution is -2.36. The third-order valence-electron chi connectivity index (χ3n) is 5.97. The van der Waals surface area contributed by atoms with E-state index in [9.17, 15) is 14.4 Å². The molecule has 0 radical (unpaired) electrons. The summed E-state index contributed by atoms with van der Waals surface area (Å²) in [6.07, 6.45) is 4.43. The molecule has 0 heterocycles. The minimum absolute atomic E-state index is 0.0184. The zero-order valence-corrected chi connectivity index (χ0v) is 13.7. The van der Waals surface area contributed by atoms with E-state index in [2.05, 4.69) is 0 Å². The molecule has 0 spiro atoms. The molecule has 0 aliphatic heterocycles. The molecular weight excluding hydrogens is 296 g/mol. The third kappa shape index (κ3) is 2.05. The number of ketones is 2. The molecule has 0 N–H and O–H groups in total. The molecule has 4 aliphatic carbocycles. The Kier molecular flexibility index (Phi) is 3.12. The fraction of sp³-hybridized carbons (Fsp3) is 0.722. The molecule has 0 amide bonds. The lowest BCUT2D eigenvalue weighted by Gasteiger charge is -2.33. The molecule has 0 aromatic rings. The summed E-state index contributed by atoms with van der Waals surface area (Å²) >= 11 is 0. The number of rotatable bonds is 3. The van der Waals surface area contributed by atoms with Crippen molar-refractivity contribution in [3.63, 3.8) is 0 Å². The van der Waals surface area contributed by atoms with Gasteiger partial charge in [0.25, 0.3) is 0 Å². The molecule has 0 aromatic carbocycles. The molecule has 0 saturated heterocycles. The van der Waals surface area contributed by atoms with E-state index in [0.717, 1.165) is 0 Å². The molecule has 5 nitrogen and oxygen atoms in total. The number of hydrogen-bond acceptors (Lipinski definition) is 5. The Morgan fingerprint density at radius 1 is 1.13 bits per heavy atom. The maximum absolute atomic E-state index is 12.6. The first-order valence-corrected chi connectivity index (χ1v) is 8.36. The van der Waals surface area contributed by atoms with Crippen molar-refractivity contribution in [2.75, 3.05) is 6.79 Å². The van der Waals surface area contributed by atoms with Gasteiger partial charge in [0, 0.05) is 23.7 Å². The predicted octanol–water partition coefficient (Wildman–Crippen LogP) is 1.75. The van der Waals surface area contributed by atoms with Crippen LogP contribution in [-0.4, -0.2) is 29.9 Å². The molecule has 3 fully saturated rings. The molecule has 5 heteroatoms. The van der Waals surface area contributed by atoms with Gasteiger partial charge in [-0.25, -0.2) is 0 Å². The van der Waals surface area contributed by atoms with E-state index in [1.165, 1.54) is 0 Å². The summed E-state index contributed by atoms with van der Waals surface area (Å²) < 4.78 is 10.7. The van der Waals surface area contributed by atoms with Crippen molar-refractivity contribution in [1.29, 1.82) is 0 Å². The average Bonchev–Trinajstić information content (AvgIpc) is 3.15. The zero-order valence-electron chi connectivity index (χ0n) is 13.7. The van der Waals surface area contributed by atoms with Gasteiger partial charge in [0.15, 0.2) is 6.79 Å².